The minimum absolute atomic E-state index is 0.251. The Kier molecular flexibility index (Phi) is 11.5. The maximum absolute atomic E-state index is 14.0. The molecule has 2 nitrogen and oxygen atoms in total. The van der Waals surface area contributed by atoms with Crippen LogP contribution in [0.1, 0.15) is 0 Å². The van der Waals surface area contributed by atoms with Crippen molar-refractivity contribution in [3.8, 4) is 22.3 Å². The largest absolute Gasteiger partial charge is 0.488 e. The quantitative estimate of drug-likeness (QED) is 0.117. The third-order valence-corrected chi connectivity index (χ3v) is 6.50. The van der Waals surface area contributed by atoms with Crippen LogP contribution in [0.15, 0.2) is 124 Å². The molecule has 0 heterocycles. The molecule has 39 heavy (non-hydrogen) atoms. The Hall–Kier alpha value is -3.24. The van der Waals surface area contributed by atoms with Gasteiger partial charge in [-0.25, -0.2) is 17.6 Å². The third-order valence-electron chi connectivity index (χ3n) is 5.29. The summed E-state index contributed by atoms with van der Waals surface area (Å²) < 4.78 is 53.4. The van der Waals surface area contributed by atoms with Crippen LogP contribution in [0.4, 0.5) is 17.6 Å². The molecular weight excluding hydrogens is 639 g/mol. The first kappa shape index (κ1) is 30.3. The molecular formula is C30H21BBr2F4O2. The molecule has 0 bridgehead atoms. The SMILES string of the molecule is Fc1cc(F)c(-c2ccccc2)cc1-c1ccccc1.Fc1cc(F)c(Br)cc1Br.OB(O)c1ccccc1. The topological polar surface area (TPSA) is 40.5 Å². The Balaban J connectivity index is 0.000000185. The van der Waals surface area contributed by atoms with Crippen LogP contribution >= 0.6 is 31.9 Å². The molecule has 5 aromatic rings. The van der Waals surface area contributed by atoms with E-state index in [-0.39, 0.29) is 8.95 Å². The highest BCUT2D eigenvalue weighted by atomic mass is 79.9. The second-order valence-electron chi connectivity index (χ2n) is 8.01. The van der Waals surface area contributed by atoms with E-state index in [1.807, 2.05) is 66.7 Å². The van der Waals surface area contributed by atoms with Crippen molar-refractivity contribution in [2.75, 3.05) is 0 Å². The smallest absolute Gasteiger partial charge is 0.423 e. The van der Waals surface area contributed by atoms with E-state index in [0.717, 1.165) is 23.3 Å². The minimum atomic E-state index is -1.34. The predicted octanol–water partition coefficient (Wildman–Crippen LogP) is 8.16. The molecule has 0 aliphatic heterocycles. The third kappa shape index (κ3) is 8.90. The van der Waals surface area contributed by atoms with Crippen molar-refractivity contribution >= 4 is 44.4 Å². The zero-order valence-electron chi connectivity index (χ0n) is 20.2. The fourth-order valence-corrected chi connectivity index (χ4v) is 4.34. The summed E-state index contributed by atoms with van der Waals surface area (Å²) in [7, 11) is -1.34. The van der Waals surface area contributed by atoms with Gasteiger partial charge in [-0.3, -0.25) is 0 Å². The van der Waals surface area contributed by atoms with Crippen molar-refractivity contribution in [2.45, 2.75) is 0 Å². The standard InChI is InChI=1S/C18H12F2.C6H7BO2.C6H2Br2F2/c19-17-12-18(20)16(14-9-5-2-6-10-14)11-15(17)13-7-3-1-4-8-13;8-7(9)6-4-2-1-3-5-6;7-3-1-4(8)6(10)2-5(3)9/h1-12H;1-5,8-9H;1-2H. The summed E-state index contributed by atoms with van der Waals surface area (Å²) in [6.07, 6.45) is 0. The molecule has 0 atom stereocenters. The summed E-state index contributed by atoms with van der Waals surface area (Å²) in [5, 5.41) is 17.2. The van der Waals surface area contributed by atoms with Crippen molar-refractivity contribution < 1.29 is 27.6 Å². The van der Waals surface area contributed by atoms with Crippen molar-refractivity contribution in [2.24, 2.45) is 0 Å². The molecule has 0 unspecified atom stereocenters. The van der Waals surface area contributed by atoms with Crippen LogP contribution in [-0.4, -0.2) is 17.2 Å². The Morgan fingerprint density at radius 1 is 0.462 bits per heavy atom. The second-order valence-corrected chi connectivity index (χ2v) is 9.72. The molecule has 198 valence electrons. The summed E-state index contributed by atoms with van der Waals surface area (Å²) in [5.41, 5.74) is 2.82. The lowest BCUT2D eigenvalue weighted by atomic mass is 9.81. The molecule has 0 aliphatic rings. The molecule has 0 saturated heterocycles. The van der Waals surface area contributed by atoms with Crippen molar-refractivity contribution in [1.29, 1.82) is 0 Å². The fraction of sp³-hybridized carbons (Fsp3) is 0. The van der Waals surface area contributed by atoms with E-state index in [4.69, 9.17) is 10.0 Å². The Morgan fingerprint density at radius 3 is 1.15 bits per heavy atom. The van der Waals surface area contributed by atoms with Crippen LogP contribution in [-0.2, 0) is 0 Å². The van der Waals surface area contributed by atoms with E-state index in [9.17, 15) is 17.6 Å². The van der Waals surface area contributed by atoms with Crippen molar-refractivity contribution in [1.82, 2.24) is 0 Å². The monoisotopic (exact) mass is 658 g/mol. The summed E-state index contributed by atoms with van der Waals surface area (Å²) in [6, 6.07) is 31.6. The lowest BCUT2D eigenvalue weighted by Gasteiger charge is -2.09. The molecule has 0 spiro atoms. The van der Waals surface area contributed by atoms with Crippen LogP contribution in [0, 0.1) is 23.3 Å². The minimum Gasteiger partial charge on any atom is -0.423 e. The van der Waals surface area contributed by atoms with Gasteiger partial charge < -0.3 is 10.0 Å². The van der Waals surface area contributed by atoms with E-state index < -0.39 is 30.4 Å². The lowest BCUT2D eigenvalue weighted by molar-refractivity contribution is 0.426. The van der Waals surface area contributed by atoms with Crippen LogP contribution in [0.3, 0.4) is 0 Å². The van der Waals surface area contributed by atoms with Gasteiger partial charge in [0.1, 0.15) is 23.3 Å². The Bertz CT molecular complexity index is 1380. The molecule has 5 rings (SSSR count). The predicted molar refractivity (Wildman–Crippen MR) is 155 cm³/mol. The molecule has 0 radical (unpaired) electrons. The average molecular weight is 660 g/mol. The van der Waals surface area contributed by atoms with Crippen molar-refractivity contribution in [3.63, 3.8) is 0 Å². The van der Waals surface area contributed by atoms with Gasteiger partial charge in [0.05, 0.1) is 8.95 Å². The summed E-state index contributed by atoms with van der Waals surface area (Å²) >= 11 is 5.82. The fourth-order valence-electron chi connectivity index (χ4n) is 3.35. The van der Waals surface area contributed by atoms with E-state index in [2.05, 4.69) is 31.9 Å². The van der Waals surface area contributed by atoms with Crippen LogP contribution in [0.25, 0.3) is 22.3 Å². The maximum Gasteiger partial charge on any atom is 0.488 e. The average Bonchev–Trinajstić information content (AvgIpc) is 2.94. The van der Waals surface area contributed by atoms with E-state index in [1.54, 1.807) is 30.3 Å². The molecule has 0 amide bonds. The van der Waals surface area contributed by atoms with Crippen LogP contribution in [0.5, 0.6) is 0 Å². The number of halogens is 6. The van der Waals surface area contributed by atoms with Gasteiger partial charge in [0.2, 0.25) is 0 Å². The lowest BCUT2D eigenvalue weighted by Crippen LogP contribution is -2.29. The van der Waals surface area contributed by atoms with E-state index >= 15 is 0 Å². The first-order chi connectivity index (χ1) is 18.7. The first-order valence-electron chi connectivity index (χ1n) is 11.5. The summed E-state index contributed by atoms with van der Waals surface area (Å²) in [5.74, 6) is -2.29. The normalized spacial score (nSPS) is 10.1. The highest BCUT2D eigenvalue weighted by Gasteiger charge is 2.12. The molecule has 0 fully saturated rings. The summed E-state index contributed by atoms with van der Waals surface area (Å²) in [6.45, 7) is 0. The number of hydrogen-bond donors (Lipinski definition) is 2. The Labute approximate surface area is 241 Å². The van der Waals surface area contributed by atoms with Gasteiger partial charge in [0.25, 0.3) is 0 Å². The van der Waals surface area contributed by atoms with Crippen LogP contribution < -0.4 is 5.46 Å². The zero-order chi connectivity index (χ0) is 28.4. The van der Waals surface area contributed by atoms with Gasteiger partial charge in [0, 0.05) is 23.3 Å². The number of rotatable bonds is 3. The molecule has 9 heteroatoms. The Morgan fingerprint density at radius 2 is 0.821 bits per heavy atom. The van der Waals surface area contributed by atoms with Crippen molar-refractivity contribution in [3.05, 3.63) is 147 Å². The number of benzene rings is 5. The van der Waals surface area contributed by atoms with Gasteiger partial charge in [-0.15, -0.1) is 0 Å². The highest BCUT2D eigenvalue weighted by Crippen LogP contribution is 2.31. The molecule has 0 aromatic heterocycles. The van der Waals surface area contributed by atoms with Crippen LogP contribution in [0.2, 0.25) is 0 Å². The molecule has 0 aliphatic carbocycles. The summed E-state index contributed by atoms with van der Waals surface area (Å²) in [4.78, 5) is 0. The molecule has 0 saturated carbocycles. The first-order valence-corrected chi connectivity index (χ1v) is 13.1. The zero-order valence-corrected chi connectivity index (χ0v) is 23.4. The van der Waals surface area contributed by atoms with Gasteiger partial charge >= 0.3 is 7.12 Å². The number of hydrogen-bond acceptors (Lipinski definition) is 2. The van der Waals surface area contributed by atoms with Gasteiger partial charge in [-0.05, 0) is 60.6 Å². The molecule has 2 N–H and O–H groups in total. The van der Waals surface area contributed by atoms with Gasteiger partial charge in [-0.2, -0.15) is 0 Å². The van der Waals surface area contributed by atoms with Gasteiger partial charge in [0.15, 0.2) is 0 Å². The highest BCUT2D eigenvalue weighted by molar-refractivity contribution is 9.11. The van der Waals surface area contributed by atoms with Gasteiger partial charge in [-0.1, -0.05) is 91.0 Å². The van der Waals surface area contributed by atoms with E-state index in [1.165, 1.54) is 6.07 Å². The maximum atomic E-state index is 14.0. The van der Waals surface area contributed by atoms with E-state index in [0.29, 0.717) is 16.6 Å². The second kappa shape index (κ2) is 14.8. The molecule has 5 aromatic carbocycles.